The van der Waals surface area contributed by atoms with E-state index in [-0.39, 0.29) is 46.8 Å². The van der Waals surface area contributed by atoms with E-state index in [4.69, 9.17) is 13.7 Å². The van der Waals surface area contributed by atoms with Crippen LogP contribution in [-0.4, -0.2) is 54.6 Å². The topological polar surface area (TPSA) is 125 Å². The van der Waals surface area contributed by atoms with E-state index < -0.39 is 40.1 Å². The fraction of sp³-hybridized carbons (Fsp3) is 0.900. The summed E-state index contributed by atoms with van der Waals surface area (Å²) in [5.41, 5.74) is 1.13. The summed E-state index contributed by atoms with van der Waals surface area (Å²) >= 11 is 0. The normalized spacial score (nSPS) is 45.8. The van der Waals surface area contributed by atoms with E-state index >= 15 is 0 Å². The Morgan fingerprint density at radius 1 is 1.07 bits per heavy atom. The van der Waals surface area contributed by atoms with E-state index in [1.165, 1.54) is 18.9 Å². The Bertz CT molecular complexity index is 1110. The summed E-state index contributed by atoms with van der Waals surface area (Å²) in [6.07, 6.45) is 4.63. The van der Waals surface area contributed by atoms with Crippen LogP contribution in [0.2, 0.25) is 0 Å². The molecule has 0 aromatic rings. The quantitative estimate of drug-likeness (QED) is 0.118. The van der Waals surface area contributed by atoms with Gasteiger partial charge in [0, 0.05) is 6.92 Å². The molecule has 0 aromatic carbocycles. The van der Waals surface area contributed by atoms with Gasteiger partial charge in [0.05, 0.1) is 18.3 Å². The maximum atomic E-state index is 11.8. The van der Waals surface area contributed by atoms with Gasteiger partial charge in [0.25, 0.3) is 0 Å². The molecule has 1 saturated heterocycles. The zero-order chi connectivity index (χ0) is 28.7. The second kappa shape index (κ2) is 11.5. The number of esters is 1. The number of carbonyl (C=O) groups is 1. The molecule has 13 atom stereocenters. The van der Waals surface area contributed by atoms with Crippen molar-refractivity contribution in [1.82, 2.24) is 0 Å². The van der Waals surface area contributed by atoms with E-state index in [2.05, 4.69) is 47.6 Å². The fourth-order valence-electron chi connectivity index (χ4n) is 9.69. The third kappa shape index (κ3) is 5.64. The second-order valence-corrected chi connectivity index (χ2v) is 15.2. The zero-order valence-electron chi connectivity index (χ0n) is 25.5. The fourth-order valence-corrected chi connectivity index (χ4v) is 10.2. The molecule has 222 valence electrons. The SMILES string of the molecule is CC(=O)O[C@@H]1[C@@H](OS(=O)(=O)[O-])[C@@H]2CC=C3[C@@H]4CC[C@H]([C@H](C)[C@@H]5O[C@H]5[C@H](C)C(C)C)[C@@]4(C)CC[C@@H]3[C@@]2(C)C[C@H]1O.[Na+]. The minimum atomic E-state index is -5.07. The Morgan fingerprint density at radius 3 is 2.33 bits per heavy atom. The summed E-state index contributed by atoms with van der Waals surface area (Å²) in [5.74, 6) is 1.82. The first-order valence-corrected chi connectivity index (χ1v) is 16.3. The van der Waals surface area contributed by atoms with Gasteiger partial charge >= 0.3 is 35.5 Å². The van der Waals surface area contributed by atoms with E-state index in [1.54, 1.807) is 0 Å². The van der Waals surface area contributed by atoms with Crippen molar-refractivity contribution >= 4 is 16.4 Å². The predicted molar refractivity (Wildman–Crippen MR) is 144 cm³/mol. The summed E-state index contributed by atoms with van der Waals surface area (Å²) < 4.78 is 51.8. The molecule has 0 spiro atoms. The first kappa shape index (κ1) is 32.9. The van der Waals surface area contributed by atoms with E-state index in [0.29, 0.717) is 54.6 Å². The van der Waals surface area contributed by atoms with Gasteiger partial charge in [-0.15, -0.1) is 0 Å². The first-order chi connectivity index (χ1) is 18.1. The Labute approximate surface area is 262 Å². The summed E-state index contributed by atoms with van der Waals surface area (Å²) in [7, 11) is -5.07. The molecule has 40 heavy (non-hydrogen) atoms. The van der Waals surface area contributed by atoms with Gasteiger partial charge in [-0.25, -0.2) is 8.42 Å². The van der Waals surface area contributed by atoms with Crippen LogP contribution in [0.4, 0.5) is 0 Å². The van der Waals surface area contributed by atoms with Crippen LogP contribution in [0.3, 0.4) is 0 Å². The van der Waals surface area contributed by atoms with Crippen LogP contribution in [0.1, 0.15) is 87.0 Å². The number of ether oxygens (including phenoxy) is 2. The molecule has 5 rings (SSSR count). The molecule has 10 heteroatoms. The van der Waals surface area contributed by atoms with Crippen molar-refractivity contribution in [2.75, 3.05) is 0 Å². The van der Waals surface area contributed by atoms with Gasteiger partial charge in [0.15, 0.2) is 6.10 Å². The standard InChI is InChI=1S/C30H48O8S.Na/c1-15(2)16(3)25-26(37-25)17(4)20-10-11-21-19-8-9-23-27(38-39(33,34)35)28(36-18(5)31)24(32)14-30(23,7)22(19)12-13-29(20,21)6;/h8,15-17,20-28,32H,9-14H2,1-7H3,(H,33,34,35);/q;+1/p-1/t16-,17+,20-,21+,22+,23+,24-,25+,26+,27+,28+,29-,30-;/m1./s1. The Hall–Kier alpha value is -0.000000000000000222. The number of allylic oxidation sites excluding steroid dienone is 2. The van der Waals surface area contributed by atoms with Crippen molar-refractivity contribution in [2.24, 2.45) is 52.3 Å². The van der Waals surface area contributed by atoms with E-state index in [0.717, 1.165) is 19.3 Å². The minimum Gasteiger partial charge on any atom is -0.726 e. The van der Waals surface area contributed by atoms with Crippen LogP contribution < -0.4 is 29.6 Å². The van der Waals surface area contributed by atoms with Crippen LogP contribution in [0.5, 0.6) is 0 Å². The molecule has 1 heterocycles. The molecule has 0 unspecified atom stereocenters. The van der Waals surface area contributed by atoms with Crippen molar-refractivity contribution in [1.29, 1.82) is 0 Å². The smallest absolute Gasteiger partial charge is 0.726 e. The molecular formula is C30H47NaO8S. The van der Waals surface area contributed by atoms with Crippen molar-refractivity contribution < 1.29 is 66.1 Å². The van der Waals surface area contributed by atoms with Crippen LogP contribution >= 0.6 is 0 Å². The monoisotopic (exact) mass is 590 g/mol. The molecule has 4 fully saturated rings. The molecule has 1 N–H and O–H groups in total. The summed E-state index contributed by atoms with van der Waals surface area (Å²) in [5, 5.41) is 11.1. The first-order valence-electron chi connectivity index (χ1n) is 14.9. The Morgan fingerprint density at radius 2 is 1.73 bits per heavy atom. The molecule has 0 aromatic heterocycles. The molecule has 0 amide bonds. The summed E-state index contributed by atoms with van der Waals surface area (Å²) in [4.78, 5) is 11.8. The van der Waals surface area contributed by atoms with Crippen molar-refractivity contribution in [2.45, 2.75) is 118 Å². The number of aliphatic hydroxyl groups excluding tert-OH is 1. The third-order valence-corrected chi connectivity index (χ3v) is 12.5. The molecule has 8 nitrogen and oxygen atoms in total. The molecule has 5 aliphatic rings. The minimum absolute atomic E-state index is 0. The number of epoxide rings is 1. The molecule has 0 radical (unpaired) electrons. The summed E-state index contributed by atoms with van der Waals surface area (Å²) in [6.45, 7) is 15.0. The van der Waals surface area contributed by atoms with Crippen molar-refractivity contribution in [3.8, 4) is 0 Å². The number of hydrogen-bond donors (Lipinski definition) is 1. The van der Waals surface area contributed by atoms with E-state index in [9.17, 15) is 22.9 Å². The molecule has 3 saturated carbocycles. The van der Waals surface area contributed by atoms with Crippen LogP contribution in [0.25, 0.3) is 0 Å². The predicted octanol–water partition coefficient (Wildman–Crippen LogP) is 1.62. The summed E-state index contributed by atoms with van der Waals surface area (Å²) in [6, 6.07) is 0. The number of rotatable bonds is 7. The zero-order valence-corrected chi connectivity index (χ0v) is 28.3. The second-order valence-electron chi connectivity index (χ2n) is 14.2. The molecular weight excluding hydrogens is 543 g/mol. The van der Waals surface area contributed by atoms with Gasteiger partial charge in [0.2, 0.25) is 10.4 Å². The van der Waals surface area contributed by atoms with Crippen LogP contribution in [0.15, 0.2) is 11.6 Å². The number of carbonyl (C=O) groups excluding carboxylic acids is 1. The number of aliphatic hydroxyl groups is 1. The van der Waals surface area contributed by atoms with Crippen LogP contribution in [-0.2, 0) is 28.9 Å². The Kier molecular flexibility index (Phi) is 9.45. The molecule has 4 aliphatic carbocycles. The van der Waals surface area contributed by atoms with E-state index in [1.807, 2.05) is 0 Å². The molecule has 1 aliphatic heterocycles. The molecule has 0 bridgehead atoms. The van der Waals surface area contributed by atoms with Gasteiger partial charge in [-0.05, 0) is 90.8 Å². The van der Waals surface area contributed by atoms with Gasteiger partial charge in [-0.2, -0.15) is 0 Å². The van der Waals surface area contributed by atoms with Gasteiger partial charge in [-0.3, -0.25) is 8.98 Å². The average molecular weight is 591 g/mol. The number of hydrogen-bond acceptors (Lipinski definition) is 8. The van der Waals surface area contributed by atoms with Gasteiger partial charge < -0.3 is 19.1 Å². The van der Waals surface area contributed by atoms with Crippen LogP contribution in [0, 0.1) is 52.3 Å². The third-order valence-electron chi connectivity index (χ3n) is 12.0. The van der Waals surface area contributed by atoms with Gasteiger partial charge in [0.1, 0.15) is 6.10 Å². The maximum absolute atomic E-state index is 11.8. The maximum Gasteiger partial charge on any atom is 1.00 e. The van der Waals surface area contributed by atoms with Gasteiger partial charge in [-0.1, -0.05) is 53.2 Å². The average Bonchev–Trinajstić information content (AvgIpc) is 3.53. The largest absolute Gasteiger partial charge is 1.00 e. The van der Waals surface area contributed by atoms with Crippen molar-refractivity contribution in [3.63, 3.8) is 0 Å². The van der Waals surface area contributed by atoms with Crippen molar-refractivity contribution in [3.05, 3.63) is 11.6 Å². The Balaban J connectivity index is 0.00000370. The number of fused-ring (bicyclic) bond motifs is 5.